The number of aromatic nitrogens is 1. The minimum atomic E-state index is 0.511. The number of nitrogen functional groups attached to an aromatic ring is 1. The Kier molecular flexibility index (Phi) is 2.94. The molecule has 1 aromatic carbocycles. The second-order valence-electron chi connectivity index (χ2n) is 2.86. The monoisotopic (exact) mass is 218 g/mol. The molecule has 0 fully saturated rings. The van der Waals surface area contributed by atoms with Gasteiger partial charge in [0.15, 0.2) is 0 Å². The van der Waals surface area contributed by atoms with Crippen molar-refractivity contribution >= 4 is 28.5 Å². The number of hydrogen-bond acceptors (Lipinski definition) is 5. The lowest BCUT2D eigenvalue weighted by Gasteiger charge is -1.93. The first-order chi connectivity index (χ1) is 7.34. The van der Waals surface area contributed by atoms with Crippen molar-refractivity contribution in [1.82, 2.24) is 4.98 Å². The fourth-order valence-electron chi connectivity index (χ4n) is 1.04. The number of anilines is 2. The van der Waals surface area contributed by atoms with E-state index >= 15 is 0 Å². The predicted octanol–water partition coefficient (Wildman–Crippen LogP) is 2.17. The van der Waals surface area contributed by atoms with Gasteiger partial charge < -0.3 is 5.73 Å². The Morgan fingerprint density at radius 3 is 2.80 bits per heavy atom. The quantitative estimate of drug-likeness (QED) is 0.613. The lowest BCUT2D eigenvalue weighted by atomic mass is 10.2. The van der Waals surface area contributed by atoms with Gasteiger partial charge in [-0.25, -0.2) is 4.98 Å². The van der Waals surface area contributed by atoms with E-state index in [4.69, 9.17) is 5.73 Å². The van der Waals surface area contributed by atoms with Crippen molar-refractivity contribution in [1.29, 1.82) is 0 Å². The van der Waals surface area contributed by atoms with E-state index in [0.29, 0.717) is 10.9 Å². The highest BCUT2D eigenvalue weighted by Gasteiger charge is 1.94. The van der Waals surface area contributed by atoms with Crippen LogP contribution in [-0.4, -0.2) is 11.2 Å². The van der Waals surface area contributed by atoms with Crippen LogP contribution in [0.5, 0.6) is 0 Å². The number of benzene rings is 1. The van der Waals surface area contributed by atoms with Gasteiger partial charge in [-0.3, -0.25) is 5.43 Å². The van der Waals surface area contributed by atoms with Gasteiger partial charge >= 0.3 is 0 Å². The lowest BCUT2D eigenvalue weighted by molar-refractivity contribution is 1.29. The maximum atomic E-state index is 5.47. The van der Waals surface area contributed by atoms with Gasteiger partial charge in [0.1, 0.15) is 5.82 Å². The number of hydrazone groups is 1. The molecule has 1 heterocycles. The molecule has 0 aliphatic rings. The Hall–Kier alpha value is -1.88. The van der Waals surface area contributed by atoms with Crippen LogP contribution < -0.4 is 11.2 Å². The van der Waals surface area contributed by atoms with Gasteiger partial charge in [-0.05, 0) is 5.56 Å². The van der Waals surface area contributed by atoms with Crippen LogP contribution in [0.25, 0.3) is 0 Å². The van der Waals surface area contributed by atoms with E-state index < -0.39 is 0 Å². The summed E-state index contributed by atoms with van der Waals surface area (Å²) in [5.74, 6) is 0.511. The molecule has 0 aliphatic carbocycles. The maximum absolute atomic E-state index is 5.47. The summed E-state index contributed by atoms with van der Waals surface area (Å²) in [5, 5.41) is 6.50. The highest BCUT2D eigenvalue weighted by atomic mass is 32.1. The van der Waals surface area contributed by atoms with Crippen LogP contribution in [0.3, 0.4) is 0 Å². The fourth-order valence-corrected chi connectivity index (χ4v) is 1.59. The Labute approximate surface area is 91.5 Å². The second-order valence-corrected chi connectivity index (χ2v) is 3.72. The molecule has 0 radical (unpaired) electrons. The molecule has 0 unspecified atom stereocenters. The second kappa shape index (κ2) is 4.56. The van der Waals surface area contributed by atoms with Gasteiger partial charge in [0.05, 0.1) is 6.21 Å². The largest absolute Gasteiger partial charge is 0.383 e. The first kappa shape index (κ1) is 9.67. The minimum Gasteiger partial charge on any atom is -0.383 e. The predicted molar refractivity (Wildman–Crippen MR) is 64.2 cm³/mol. The number of thiazole rings is 1. The molecule has 0 saturated heterocycles. The van der Waals surface area contributed by atoms with Crippen LogP contribution in [0.15, 0.2) is 40.8 Å². The summed E-state index contributed by atoms with van der Waals surface area (Å²) in [4.78, 5) is 4.01. The molecular weight excluding hydrogens is 208 g/mol. The molecule has 0 amide bonds. The van der Waals surface area contributed by atoms with E-state index in [0.717, 1.165) is 5.56 Å². The molecule has 76 valence electrons. The molecule has 0 aliphatic heterocycles. The first-order valence-electron chi connectivity index (χ1n) is 4.40. The van der Waals surface area contributed by atoms with Crippen LogP contribution in [0, 0.1) is 0 Å². The average Bonchev–Trinajstić information content (AvgIpc) is 2.66. The van der Waals surface area contributed by atoms with Crippen molar-refractivity contribution in [2.45, 2.75) is 0 Å². The van der Waals surface area contributed by atoms with Gasteiger partial charge in [0.25, 0.3) is 0 Å². The van der Waals surface area contributed by atoms with Crippen molar-refractivity contribution in [3.63, 3.8) is 0 Å². The Morgan fingerprint density at radius 2 is 2.13 bits per heavy atom. The standard InChI is InChI=1S/C10H10N4S/c11-9-7-15-10(13-9)14-12-6-8-4-2-1-3-5-8/h1-7H,11H2,(H,13,14). The third-order valence-electron chi connectivity index (χ3n) is 1.70. The van der Waals surface area contributed by atoms with Crippen LogP contribution in [0.1, 0.15) is 5.56 Å². The van der Waals surface area contributed by atoms with E-state index in [1.807, 2.05) is 30.3 Å². The van der Waals surface area contributed by atoms with Crippen molar-refractivity contribution in [3.8, 4) is 0 Å². The molecule has 1 aromatic heterocycles. The lowest BCUT2D eigenvalue weighted by Crippen LogP contribution is -1.90. The molecule has 0 atom stereocenters. The number of nitrogens with two attached hydrogens (primary N) is 1. The SMILES string of the molecule is Nc1csc(NN=Cc2ccccc2)n1. The van der Waals surface area contributed by atoms with Crippen molar-refractivity contribution in [2.24, 2.45) is 5.10 Å². The van der Waals surface area contributed by atoms with Crippen LogP contribution >= 0.6 is 11.3 Å². The van der Waals surface area contributed by atoms with E-state index in [-0.39, 0.29) is 0 Å². The van der Waals surface area contributed by atoms with Crippen molar-refractivity contribution in [2.75, 3.05) is 11.2 Å². The normalized spacial score (nSPS) is 10.7. The average molecular weight is 218 g/mol. The molecule has 2 aromatic rings. The van der Waals surface area contributed by atoms with Gasteiger partial charge in [-0.15, -0.1) is 11.3 Å². The van der Waals surface area contributed by atoms with E-state index in [2.05, 4.69) is 15.5 Å². The minimum absolute atomic E-state index is 0.511. The zero-order valence-electron chi connectivity index (χ0n) is 7.92. The highest BCUT2D eigenvalue weighted by molar-refractivity contribution is 7.14. The summed E-state index contributed by atoms with van der Waals surface area (Å²) in [7, 11) is 0. The topological polar surface area (TPSA) is 63.3 Å². The fraction of sp³-hybridized carbons (Fsp3) is 0. The Bertz CT molecular complexity index is 449. The first-order valence-corrected chi connectivity index (χ1v) is 5.28. The molecule has 4 nitrogen and oxygen atoms in total. The van der Waals surface area contributed by atoms with Gasteiger partial charge in [0.2, 0.25) is 5.13 Å². The smallest absolute Gasteiger partial charge is 0.205 e. The van der Waals surface area contributed by atoms with Crippen molar-refractivity contribution < 1.29 is 0 Å². The summed E-state index contributed by atoms with van der Waals surface area (Å²) >= 11 is 1.42. The van der Waals surface area contributed by atoms with Crippen molar-refractivity contribution in [3.05, 3.63) is 41.3 Å². The van der Waals surface area contributed by atoms with Crippen LogP contribution in [-0.2, 0) is 0 Å². The van der Waals surface area contributed by atoms with Crippen LogP contribution in [0.2, 0.25) is 0 Å². The summed E-state index contributed by atoms with van der Waals surface area (Å²) in [6.07, 6.45) is 1.73. The summed E-state index contributed by atoms with van der Waals surface area (Å²) in [6, 6.07) is 9.83. The third kappa shape index (κ3) is 2.78. The summed E-state index contributed by atoms with van der Waals surface area (Å²) in [5.41, 5.74) is 9.32. The van der Waals surface area contributed by atoms with Gasteiger partial charge in [-0.2, -0.15) is 5.10 Å². The molecule has 5 heteroatoms. The summed E-state index contributed by atoms with van der Waals surface area (Å²) < 4.78 is 0. The zero-order valence-corrected chi connectivity index (χ0v) is 8.74. The summed E-state index contributed by atoms with van der Waals surface area (Å²) in [6.45, 7) is 0. The molecule has 2 rings (SSSR count). The van der Waals surface area contributed by atoms with E-state index in [9.17, 15) is 0 Å². The molecule has 15 heavy (non-hydrogen) atoms. The molecule has 0 bridgehead atoms. The Balaban J connectivity index is 1.96. The maximum Gasteiger partial charge on any atom is 0.205 e. The molecule has 0 saturated carbocycles. The molecule has 0 spiro atoms. The highest BCUT2D eigenvalue weighted by Crippen LogP contribution is 2.15. The zero-order chi connectivity index (χ0) is 10.5. The van der Waals surface area contributed by atoms with E-state index in [1.165, 1.54) is 11.3 Å². The number of rotatable bonds is 3. The molecular formula is C10H10N4S. The van der Waals surface area contributed by atoms with Gasteiger partial charge in [0, 0.05) is 5.38 Å². The van der Waals surface area contributed by atoms with Gasteiger partial charge in [-0.1, -0.05) is 30.3 Å². The Morgan fingerprint density at radius 1 is 1.33 bits per heavy atom. The van der Waals surface area contributed by atoms with Crippen LogP contribution in [0.4, 0.5) is 10.9 Å². The third-order valence-corrected chi connectivity index (χ3v) is 2.46. The van der Waals surface area contributed by atoms with E-state index in [1.54, 1.807) is 11.6 Å². The molecule has 3 N–H and O–H groups in total. The number of nitrogens with zero attached hydrogens (tertiary/aromatic N) is 2. The number of hydrogen-bond donors (Lipinski definition) is 2. The number of nitrogens with one attached hydrogen (secondary N) is 1.